The highest BCUT2D eigenvalue weighted by Crippen LogP contribution is 2.41. The fourth-order valence-electron chi connectivity index (χ4n) is 4.24. The Labute approximate surface area is 206 Å². The number of amides is 1. The topological polar surface area (TPSA) is 93.1 Å². The molecule has 2 aromatic rings. The molecule has 7 heteroatoms. The third-order valence-electron chi connectivity index (χ3n) is 6.08. The molecular formula is C28H33NO6. The van der Waals surface area contributed by atoms with Gasteiger partial charge in [-0.2, -0.15) is 0 Å². The number of ketones is 1. The van der Waals surface area contributed by atoms with E-state index in [9.17, 15) is 19.5 Å². The Kier molecular flexibility index (Phi) is 7.80. The van der Waals surface area contributed by atoms with Crippen LogP contribution in [0.3, 0.4) is 0 Å². The van der Waals surface area contributed by atoms with E-state index >= 15 is 0 Å². The van der Waals surface area contributed by atoms with E-state index in [-0.39, 0.29) is 23.3 Å². The van der Waals surface area contributed by atoms with Crippen LogP contribution in [0.25, 0.3) is 5.76 Å². The van der Waals surface area contributed by atoms with Crippen molar-refractivity contribution in [3.63, 3.8) is 0 Å². The van der Waals surface area contributed by atoms with Gasteiger partial charge < -0.3 is 19.5 Å². The second kappa shape index (κ2) is 10.4. The van der Waals surface area contributed by atoms with Gasteiger partial charge in [-0.15, -0.1) is 0 Å². The summed E-state index contributed by atoms with van der Waals surface area (Å²) in [5.41, 5.74) is 2.69. The van der Waals surface area contributed by atoms with Crippen molar-refractivity contribution in [2.45, 2.75) is 52.5 Å². The predicted molar refractivity (Wildman–Crippen MR) is 133 cm³/mol. The minimum Gasteiger partial charge on any atom is -0.507 e. The quantitative estimate of drug-likeness (QED) is 0.155. The van der Waals surface area contributed by atoms with Gasteiger partial charge in [-0.1, -0.05) is 45.0 Å². The highest BCUT2D eigenvalue weighted by Gasteiger charge is 2.46. The zero-order chi connectivity index (χ0) is 25.9. The van der Waals surface area contributed by atoms with E-state index in [4.69, 9.17) is 9.47 Å². The van der Waals surface area contributed by atoms with Crippen molar-refractivity contribution in [3.05, 3.63) is 70.3 Å². The molecule has 1 saturated heterocycles. The van der Waals surface area contributed by atoms with Crippen LogP contribution < -0.4 is 4.74 Å². The lowest BCUT2D eigenvalue weighted by atomic mass is 9.84. The van der Waals surface area contributed by atoms with Gasteiger partial charge in [0.25, 0.3) is 11.7 Å². The third-order valence-corrected chi connectivity index (χ3v) is 6.08. The maximum Gasteiger partial charge on any atom is 0.308 e. The summed E-state index contributed by atoms with van der Waals surface area (Å²) >= 11 is 0. The normalized spacial score (nSPS) is 17.7. The molecule has 0 aliphatic carbocycles. The zero-order valence-corrected chi connectivity index (χ0v) is 21.2. The number of aliphatic hydroxyl groups excluding tert-OH is 1. The van der Waals surface area contributed by atoms with E-state index < -0.39 is 23.7 Å². The average Bonchev–Trinajstić information content (AvgIpc) is 3.03. The number of rotatable bonds is 7. The lowest BCUT2D eigenvalue weighted by molar-refractivity contribution is -0.140. The number of carbonyl (C=O) groups is 3. The summed E-state index contributed by atoms with van der Waals surface area (Å²) in [7, 11) is 1.57. The SMILES string of the molecule is COCCCN1C(=O)C(=O)/C(=C(/O)c2cc(C(C)(C)C)ccc2C)C1c1cccc(OC(C)=O)c1. The van der Waals surface area contributed by atoms with Gasteiger partial charge >= 0.3 is 5.97 Å². The van der Waals surface area contributed by atoms with Crippen molar-refractivity contribution in [2.75, 3.05) is 20.3 Å². The number of hydrogen-bond acceptors (Lipinski definition) is 6. The smallest absolute Gasteiger partial charge is 0.308 e. The molecule has 0 spiro atoms. The molecule has 1 aliphatic rings. The van der Waals surface area contributed by atoms with Crippen LogP contribution in [-0.4, -0.2) is 47.9 Å². The molecule has 7 nitrogen and oxygen atoms in total. The number of benzene rings is 2. The summed E-state index contributed by atoms with van der Waals surface area (Å²) in [5, 5.41) is 11.5. The number of ether oxygens (including phenoxy) is 2. The lowest BCUT2D eigenvalue weighted by Gasteiger charge is -2.26. The summed E-state index contributed by atoms with van der Waals surface area (Å²) in [6, 6.07) is 11.6. The summed E-state index contributed by atoms with van der Waals surface area (Å²) in [6.45, 7) is 10.0. The molecule has 1 aliphatic heterocycles. The Hall–Kier alpha value is -3.45. The number of Topliss-reactive ketones (excluding diaryl/α,β-unsaturated/α-hetero) is 1. The van der Waals surface area contributed by atoms with Crippen molar-refractivity contribution in [2.24, 2.45) is 0 Å². The van der Waals surface area contributed by atoms with Gasteiger partial charge in [-0.05, 0) is 53.6 Å². The van der Waals surface area contributed by atoms with E-state index in [1.54, 1.807) is 31.4 Å². The van der Waals surface area contributed by atoms with Gasteiger partial charge in [0.2, 0.25) is 0 Å². The number of carbonyl (C=O) groups excluding carboxylic acids is 3. The Morgan fingerprint density at radius 1 is 1.11 bits per heavy atom. The van der Waals surface area contributed by atoms with Crippen LogP contribution in [0.1, 0.15) is 62.4 Å². The molecule has 3 rings (SSSR count). The van der Waals surface area contributed by atoms with Gasteiger partial charge in [-0.3, -0.25) is 14.4 Å². The molecule has 186 valence electrons. The van der Waals surface area contributed by atoms with E-state index in [0.29, 0.717) is 29.9 Å². The monoisotopic (exact) mass is 479 g/mol. The van der Waals surface area contributed by atoms with Crippen LogP contribution in [-0.2, 0) is 24.5 Å². The molecule has 1 unspecified atom stereocenters. The fourth-order valence-corrected chi connectivity index (χ4v) is 4.24. The second-order valence-corrected chi connectivity index (χ2v) is 9.78. The van der Waals surface area contributed by atoms with Gasteiger partial charge in [0.1, 0.15) is 11.5 Å². The van der Waals surface area contributed by atoms with Gasteiger partial charge in [0.05, 0.1) is 11.6 Å². The van der Waals surface area contributed by atoms with Gasteiger partial charge in [0.15, 0.2) is 0 Å². The standard InChI is InChI=1S/C28H33NO6/c1-17-11-12-20(28(3,4)5)16-22(17)25(31)23-24(19-9-7-10-21(15-19)35-18(2)30)29(13-8-14-34-6)27(33)26(23)32/h7,9-12,15-16,24,31H,8,13-14H2,1-6H3/b25-23+. The molecular weight excluding hydrogens is 446 g/mol. The maximum absolute atomic E-state index is 13.3. The predicted octanol–water partition coefficient (Wildman–Crippen LogP) is 4.68. The molecule has 1 fully saturated rings. The van der Waals surface area contributed by atoms with Crippen LogP contribution in [0.5, 0.6) is 5.75 Å². The molecule has 0 bridgehead atoms. The maximum atomic E-state index is 13.3. The first-order valence-electron chi connectivity index (χ1n) is 11.6. The van der Waals surface area contributed by atoms with Crippen LogP contribution in [0.4, 0.5) is 0 Å². The Balaban J connectivity index is 2.21. The Morgan fingerprint density at radius 3 is 2.46 bits per heavy atom. The average molecular weight is 480 g/mol. The van der Waals surface area contributed by atoms with Crippen molar-refractivity contribution < 1.29 is 29.0 Å². The Bertz CT molecular complexity index is 1170. The third kappa shape index (κ3) is 5.62. The molecule has 0 saturated carbocycles. The molecule has 1 amide bonds. The van der Waals surface area contributed by atoms with Gasteiger partial charge in [-0.25, -0.2) is 0 Å². The van der Waals surface area contributed by atoms with E-state index in [0.717, 1.165) is 11.1 Å². The van der Waals surface area contributed by atoms with E-state index in [1.807, 2.05) is 25.1 Å². The molecule has 0 aromatic heterocycles. The molecule has 1 heterocycles. The summed E-state index contributed by atoms with van der Waals surface area (Å²) in [6.07, 6.45) is 0.516. The van der Waals surface area contributed by atoms with E-state index in [1.165, 1.54) is 11.8 Å². The fraction of sp³-hybridized carbons (Fsp3) is 0.393. The lowest BCUT2D eigenvalue weighted by Crippen LogP contribution is -2.31. The summed E-state index contributed by atoms with van der Waals surface area (Å²) < 4.78 is 10.4. The molecule has 1 N–H and O–H groups in total. The molecule has 35 heavy (non-hydrogen) atoms. The largest absolute Gasteiger partial charge is 0.507 e. The number of hydrogen-bond donors (Lipinski definition) is 1. The van der Waals surface area contributed by atoms with Crippen LogP contribution >= 0.6 is 0 Å². The number of nitrogens with zero attached hydrogens (tertiary/aromatic N) is 1. The highest BCUT2D eigenvalue weighted by molar-refractivity contribution is 6.46. The van der Waals surface area contributed by atoms with E-state index in [2.05, 4.69) is 20.8 Å². The van der Waals surface area contributed by atoms with Crippen LogP contribution in [0.15, 0.2) is 48.0 Å². The van der Waals surface area contributed by atoms with Crippen LogP contribution in [0.2, 0.25) is 0 Å². The molecule has 1 atom stereocenters. The highest BCUT2D eigenvalue weighted by atomic mass is 16.5. The number of esters is 1. The number of methoxy groups -OCH3 is 1. The molecule has 2 aromatic carbocycles. The summed E-state index contributed by atoms with van der Waals surface area (Å²) in [5.74, 6) is -1.84. The van der Waals surface area contributed by atoms with Crippen LogP contribution in [0, 0.1) is 6.92 Å². The first-order chi connectivity index (χ1) is 16.5. The minimum atomic E-state index is -0.833. The first kappa shape index (κ1) is 26.2. The first-order valence-corrected chi connectivity index (χ1v) is 11.6. The molecule has 0 radical (unpaired) electrons. The zero-order valence-electron chi connectivity index (χ0n) is 21.2. The number of likely N-dealkylation sites (tertiary alicyclic amines) is 1. The minimum absolute atomic E-state index is 0.0153. The van der Waals surface area contributed by atoms with Crippen molar-refractivity contribution >= 4 is 23.4 Å². The Morgan fingerprint density at radius 2 is 1.83 bits per heavy atom. The van der Waals surface area contributed by atoms with Gasteiger partial charge in [0, 0.05) is 32.7 Å². The second-order valence-electron chi connectivity index (χ2n) is 9.78. The van der Waals surface area contributed by atoms with Crippen molar-refractivity contribution in [1.82, 2.24) is 4.90 Å². The number of aliphatic hydroxyl groups is 1. The van der Waals surface area contributed by atoms with Crippen molar-refractivity contribution in [3.8, 4) is 5.75 Å². The number of aryl methyl sites for hydroxylation is 1. The summed E-state index contributed by atoms with van der Waals surface area (Å²) in [4.78, 5) is 39.3. The van der Waals surface area contributed by atoms with Crippen molar-refractivity contribution in [1.29, 1.82) is 0 Å².